The Morgan fingerprint density at radius 3 is 3.04 bits per heavy atom. The van der Waals surface area contributed by atoms with Crippen molar-refractivity contribution in [3.63, 3.8) is 0 Å². The molecule has 1 amide bonds. The fraction of sp³-hybridized carbons (Fsp3) is 0.353. The number of anilines is 1. The fourth-order valence-corrected chi connectivity index (χ4v) is 3.22. The van der Waals surface area contributed by atoms with Crippen LogP contribution in [0, 0.1) is 0 Å². The minimum Gasteiger partial charge on any atom is -0.354 e. The second kappa shape index (κ2) is 6.46. The van der Waals surface area contributed by atoms with E-state index in [1.165, 1.54) is 0 Å². The number of hydrogen-bond donors (Lipinski definition) is 1. The summed E-state index contributed by atoms with van der Waals surface area (Å²) in [5.41, 5.74) is 1.13. The number of amides is 1. The molecule has 0 aromatic carbocycles. The first-order valence-electron chi connectivity index (χ1n) is 8.32. The van der Waals surface area contributed by atoms with Crippen LogP contribution in [0.3, 0.4) is 0 Å². The van der Waals surface area contributed by atoms with Crippen molar-refractivity contribution in [3.8, 4) is 0 Å². The molecule has 4 heterocycles. The number of nitrogens with zero attached hydrogens (tertiary/aromatic N) is 6. The standard InChI is InChI=1S/C17H19N7O/c1-23-9-6-14(22-23)17(25)21-12-4-3-8-24(10-12)16-13-5-2-7-18-15(13)19-11-20-16/h2,5-7,9,11-12H,3-4,8,10H2,1H3,(H,21,25). The summed E-state index contributed by atoms with van der Waals surface area (Å²) in [6.45, 7) is 1.61. The highest BCUT2D eigenvalue weighted by Gasteiger charge is 2.24. The Bertz CT molecular complexity index is 901. The maximum absolute atomic E-state index is 12.3. The van der Waals surface area contributed by atoms with E-state index in [1.54, 1.807) is 36.5 Å². The van der Waals surface area contributed by atoms with Crippen LogP contribution in [0.2, 0.25) is 0 Å². The van der Waals surface area contributed by atoms with Crippen LogP contribution >= 0.6 is 0 Å². The van der Waals surface area contributed by atoms with Gasteiger partial charge in [0.2, 0.25) is 0 Å². The number of aryl methyl sites for hydroxylation is 1. The number of carbonyl (C=O) groups is 1. The van der Waals surface area contributed by atoms with Crippen molar-refractivity contribution in [2.45, 2.75) is 18.9 Å². The van der Waals surface area contributed by atoms with Gasteiger partial charge in [-0.1, -0.05) is 0 Å². The number of aromatic nitrogens is 5. The molecule has 0 spiro atoms. The van der Waals surface area contributed by atoms with E-state index in [2.05, 4.69) is 30.3 Å². The van der Waals surface area contributed by atoms with Gasteiger partial charge in [-0.15, -0.1) is 0 Å². The largest absolute Gasteiger partial charge is 0.354 e. The van der Waals surface area contributed by atoms with Gasteiger partial charge in [0.15, 0.2) is 5.65 Å². The summed E-state index contributed by atoms with van der Waals surface area (Å²) < 4.78 is 1.63. The van der Waals surface area contributed by atoms with Crippen LogP contribution in [0.5, 0.6) is 0 Å². The van der Waals surface area contributed by atoms with Crippen molar-refractivity contribution in [1.29, 1.82) is 0 Å². The van der Waals surface area contributed by atoms with Crippen molar-refractivity contribution in [3.05, 3.63) is 42.6 Å². The van der Waals surface area contributed by atoms with E-state index in [0.29, 0.717) is 17.9 Å². The average molecular weight is 337 g/mol. The van der Waals surface area contributed by atoms with Gasteiger partial charge < -0.3 is 10.2 Å². The maximum atomic E-state index is 12.3. The fourth-order valence-electron chi connectivity index (χ4n) is 3.22. The van der Waals surface area contributed by atoms with Crippen LogP contribution in [0.15, 0.2) is 36.9 Å². The van der Waals surface area contributed by atoms with Gasteiger partial charge in [0.05, 0.1) is 5.39 Å². The topological polar surface area (TPSA) is 88.8 Å². The number of pyridine rings is 1. The Kier molecular flexibility index (Phi) is 4.01. The Morgan fingerprint density at radius 1 is 1.28 bits per heavy atom. The number of rotatable bonds is 3. The molecule has 1 aliphatic heterocycles. The van der Waals surface area contributed by atoms with Crippen LogP contribution in [-0.2, 0) is 7.05 Å². The lowest BCUT2D eigenvalue weighted by Gasteiger charge is -2.34. The molecule has 4 rings (SSSR count). The molecule has 1 aliphatic rings. The summed E-state index contributed by atoms with van der Waals surface area (Å²) in [7, 11) is 1.80. The van der Waals surface area contributed by atoms with Gasteiger partial charge in [0.25, 0.3) is 5.91 Å². The van der Waals surface area contributed by atoms with Crippen molar-refractivity contribution in [1.82, 2.24) is 30.0 Å². The molecule has 1 N–H and O–H groups in total. The van der Waals surface area contributed by atoms with Gasteiger partial charge >= 0.3 is 0 Å². The van der Waals surface area contributed by atoms with Gasteiger partial charge in [0.1, 0.15) is 17.8 Å². The molecule has 3 aromatic heterocycles. The summed E-state index contributed by atoms with van der Waals surface area (Å²) >= 11 is 0. The molecule has 0 saturated carbocycles. The highest BCUT2D eigenvalue weighted by molar-refractivity contribution is 5.92. The van der Waals surface area contributed by atoms with Crippen molar-refractivity contribution in [2.75, 3.05) is 18.0 Å². The monoisotopic (exact) mass is 337 g/mol. The van der Waals surface area contributed by atoms with E-state index in [4.69, 9.17) is 0 Å². The summed E-state index contributed by atoms with van der Waals surface area (Å²) in [4.78, 5) is 27.5. The summed E-state index contributed by atoms with van der Waals surface area (Å²) in [6, 6.07) is 5.65. The third kappa shape index (κ3) is 3.15. The molecule has 8 heteroatoms. The molecule has 25 heavy (non-hydrogen) atoms. The van der Waals surface area contributed by atoms with E-state index >= 15 is 0 Å². The summed E-state index contributed by atoms with van der Waals surface area (Å²) in [6.07, 6.45) is 6.96. The molecule has 3 aromatic rings. The van der Waals surface area contributed by atoms with E-state index < -0.39 is 0 Å². The first kappa shape index (κ1) is 15.5. The molecule has 1 fully saturated rings. The zero-order valence-electron chi connectivity index (χ0n) is 14.0. The lowest BCUT2D eigenvalue weighted by atomic mass is 10.1. The van der Waals surface area contributed by atoms with Gasteiger partial charge in [-0.05, 0) is 31.0 Å². The number of fused-ring (bicyclic) bond motifs is 1. The summed E-state index contributed by atoms with van der Waals surface area (Å²) in [5.74, 6) is 0.733. The molecule has 1 atom stereocenters. The quantitative estimate of drug-likeness (QED) is 0.771. The molecule has 1 unspecified atom stereocenters. The molecular weight excluding hydrogens is 318 g/mol. The first-order chi connectivity index (χ1) is 12.2. The van der Waals surface area contributed by atoms with Crippen LogP contribution in [0.4, 0.5) is 5.82 Å². The maximum Gasteiger partial charge on any atom is 0.272 e. The summed E-state index contributed by atoms with van der Waals surface area (Å²) in [5, 5.41) is 8.17. The third-order valence-electron chi connectivity index (χ3n) is 4.39. The number of piperidine rings is 1. The van der Waals surface area contributed by atoms with Gasteiger partial charge in [-0.25, -0.2) is 15.0 Å². The van der Waals surface area contributed by atoms with Gasteiger partial charge in [-0.2, -0.15) is 5.10 Å². The number of nitrogens with one attached hydrogen (secondary N) is 1. The second-order valence-electron chi connectivity index (χ2n) is 6.21. The van der Waals surface area contributed by atoms with Crippen LogP contribution in [0.1, 0.15) is 23.3 Å². The van der Waals surface area contributed by atoms with Crippen LogP contribution in [0.25, 0.3) is 11.0 Å². The molecular formula is C17H19N7O. The Hall–Kier alpha value is -3.03. The molecule has 0 radical (unpaired) electrons. The third-order valence-corrected chi connectivity index (χ3v) is 4.39. The normalized spacial score (nSPS) is 17.6. The second-order valence-corrected chi connectivity index (χ2v) is 6.21. The van der Waals surface area contributed by atoms with Gasteiger partial charge in [-0.3, -0.25) is 9.48 Å². The smallest absolute Gasteiger partial charge is 0.272 e. The minimum absolute atomic E-state index is 0.0601. The molecule has 128 valence electrons. The Labute approximate surface area is 144 Å². The predicted molar refractivity (Wildman–Crippen MR) is 93.2 cm³/mol. The number of hydrogen-bond acceptors (Lipinski definition) is 6. The molecule has 0 aliphatic carbocycles. The highest BCUT2D eigenvalue weighted by atomic mass is 16.2. The molecule has 1 saturated heterocycles. The van der Waals surface area contributed by atoms with Crippen LogP contribution in [-0.4, -0.2) is 49.8 Å². The molecule has 8 nitrogen and oxygen atoms in total. The van der Waals surface area contributed by atoms with E-state index in [-0.39, 0.29) is 11.9 Å². The van der Waals surface area contributed by atoms with E-state index in [0.717, 1.165) is 30.6 Å². The van der Waals surface area contributed by atoms with Gasteiger partial charge in [0, 0.05) is 38.6 Å². The minimum atomic E-state index is -0.137. The zero-order chi connectivity index (χ0) is 17.2. The van der Waals surface area contributed by atoms with Crippen molar-refractivity contribution >= 4 is 22.8 Å². The van der Waals surface area contributed by atoms with E-state index in [9.17, 15) is 4.79 Å². The van der Waals surface area contributed by atoms with Crippen molar-refractivity contribution < 1.29 is 4.79 Å². The molecule has 0 bridgehead atoms. The SMILES string of the molecule is Cn1ccc(C(=O)NC2CCCN(c3ncnc4ncccc34)C2)n1. The Balaban J connectivity index is 1.52. The van der Waals surface area contributed by atoms with E-state index in [1.807, 2.05) is 12.1 Å². The predicted octanol–water partition coefficient (Wildman–Crippen LogP) is 1.16. The lowest BCUT2D eigenvalue weighted by Crippen LogP contribution is -2.48. The number of carbonyl (C=O) groups excluding carboxylic acids is 1. The van der Waals surface area contributed by atoms with Crippen LogP contribution < -0.4 is 10.2 Å². The average Bonchev–Trinajstić information content (AvgIpc) is 3.08. The highest BCUT2D eigenvalue weighted by Crippen LogP contribution is 2.24. The lowest BCUT2D eigenvalue weighted by molar-refractivity contribution is 0.0927. The Morgan fingerprint density at radius 2 is 2.20 bits per heavy atom. The zero-order valence-corrected chi connectivity index (χ0v) is 14.0. The van der Waals surface area contributed by atoms with Crippen molar-refractivity contribution in [2.24, 2.45) is 7.05 Å². The first-order valence-corrected chi connectivity index (χ1v) is 8.32.